The van der Waals surface area contributed by atoms with Crippen LogP contribution in [0.15, 0.2) is 0 Å². The number of rotatable bonds is 1. The number of aliphatic hydroxyl groups excluding tert-OH is 1. The van der Waals surface area contributed by atoms with E-state index in [1.165, 1.54) is 0 Å². The van der Waals surface area contributed by atoms with Crippen LogP contribution in [-0.4, -0.2) is 35.1 Å². The molecule has 0 aromatic heterocycles. The maximum Gasteiger partial charge on any atom is 0.234 e. The molecule has 0 radical (unpaired) electrons. The molecule has 1 N–H and O–H groups in total. The molecule has 0 bridgehead atoms. The van der Waals surface area contributed by atoms with Crippen molar-refractivity contribution < 1.29 is 9.90 Å². The minimum Gasteiger partial charge on any atom is -0.391 e. The summed E-state index contributed by atoms with van der Waals surface area (Å²) in [5, 5.41) is 9.07. The molecule has 1 aliphatic heterocycles. The highest BCUT2D eigenvalue weighted by Gasteiger charge is 2.23. The topological polar surface area (TPSA) is 40.5 Å². The number of terminal acetylenes is 1. The number of hydrogen-bond donors (Lipinski definition) is 1. The van der Waals surface area contributed by atoms with Crippen LogP contribution in [0.1, 0.15) is 12.8 Å². The zero-order valence-corrected chi connectivity index (χ0v) is 6.29. The summed E-state index contributed by atoms with van der Waals surface area (Å²) in [5.74, 6) is 2.23. The average Bonchev–Trinajstić information content (AvgIpc) is 2.36. The lowest BCUT2D eigenvalue weighted by Crippen LogP contribution is -2.28. The highest BCUT2D eigenvalue weighted by molar-refractivity contribution is 5.78. The summed E-state index contributed by atoms with van der Waals surface area (Å²) >= 11 is 0. The summed E-state index contributed by atoms with van der Waals surface area (Å²) in [5.41, 5.74) is 0. The standard InChI is InChI=1S/C8H11NO2/c1-2-3-8(11)9-5-4-7(10)6-9/h1,7,10H,3-6H2. The van der Waals surface area contributed by atoms with Crippen molar-refractivity contribution in [2.24, 2.45) is 0 Å². The van der Waals surface area contributed by atoms with E-state index in [1.807, 2.05) is 0 Å². The van der Waals surface area contributed by atoms with Crippen molar-refractivity contribution in [3.05, 3.63) is 0 Å². The maximum absolute atomic E-state index is 11.1. The number of β-amino-alcohol motifs (C(OH)–C–C–N with tert-alkyl or cyclic N) is 1. The van der Waals surface area contributed by atoms with Crippen molar-refractivity contribution in [1.29, 1.82) is 0 Å². The van der Waals surface area contributed by atoms with E-state index >= 15 is 0 Å². The molecular weight excluding hydrogens is 142 g/mol. The van der Waals surface area contributed by atoms with Gasteiger partial charge < -0.3 is 10.0 Å². The Balaban J connectivity index is 2.38. The number of amides is 1. The molecule has 1 aliphatic rings. The molecular formula is C8H11NO2. The second kappa shape index (κ2) is 3.40. The molecule has 3 heteroatoms. The third-order valence-corrected chi connectivity index (χ3v) is 1.77. The van der Waals surface area contributed by atoms with E-state index < -0.39 is 0 Å². The number of carbonyl (C=O) groups is 1. The van der Waals surface area contributed by atoms with Gasteiger partial charge in [-0.05, 0) is 6.42 Å². The molecule has 1 fully saturated rings. The minimum absolute atomic E-state index is 0.0518. The zero-order valence-electron chi connectivity index (χ0n) is 6.29. The predicted octanol–water partition coefficient (Wildman–Crippen LogP) is -0.397. The molecule has 60 valence electrons. The van der Waals surface area contributed by atoms with Crippen molar-refractivity contribution in [1.82, 2.24) is 4.90 Å². The van der Waals surface area contributed by atoms with Gasteiger partial charge in [-0.2, -0.15) is 0 Å². The lowest BCUT2D eigenvalue weighted by atomic mass is 10.3. The first kappa shape index (κ1) is 8.09. The number of aliphatic hydroxyl groups is 1. The van der Waals surface area contributed by atoms with Crippen LogP contribution >= 0.6 is 0 Å². The molecule has 11 heavy (non-hydrogen) atoms. The average molecular weight is 153 g/mol. The Labute approximate surface area is 66.0 Å². The Morgan fingerprint density at radius 3 is 3.00 bits per heavy atom. The summed E-state index contributed by atoms with van der Waals surface area (Å²) < 4.78 is 0. The van der Waals surface area contributed by atoms with Gasteiger partial charge >= 0.3 is 0 Å². The van der Waals surface area contributed by atoms with Crippen LogP contribution in [0, 0.1) is 12.3 Å². The minimum atomic E-state index is -0.350. The number of nitrogens with zero attached hydrogens (tertiary/aromatic N) is 1. The van der Waals surface area contributed by atoms with Gasteiger partial charge in [0.1, 0.15) is 0 Å². The number of hydrogen-bond acceptors (Lipinski definition) is 2. The van der Waals surface area contributed by atoms with Crippen molar-refractivity contribution in [2.45, 2.75) is 18.9 Å². The van der Waals surface area contributed by atoms with Crippen molar-refractivity contribution >= 4 is 5.91 Å². The van der Waals surface area contributed by atoms with E-state index in [0.717, 1.165) is 0 Å². The van der Waals surface area contributed by atoms with Crippen LogP contribution in [0.4, 0.5) is 0 Å². The first-order valence-corrected chi connectivity index (χ1v) is 3.63. The SMILES string of the molecule is C#CCC(=O)N1CCC(O)C1. The van der Waals surface area contributed by atoms with Gasteiger partial charge in [0.05, 0.1) is 12.5 Å². The fraction of sp³-hybridized carbons (Fsp3) is 0.625. The smallest absolute Gasteiger partial charge is 0.234 e. The number of carbonyl (C=O) groups excluding carboxylic acids is 1. The zero-order chi connectivity index (χ0) is 8.27. The van der Waals surface area contributed by atoms with Gasteiger partial charge in [0.2, 0.25) is 5.91 Å². The van der Waals surface area contributed by atoms with Crippen molar-refractivity contribution in [3.63, 3.8) is 0 Å². The molecule has 3 nitrogen and oxygen atoms in total. The monoisotopic (exact) mass is 153 g/mol. The lowest BCUT2D eigenvalue weighted by molar-refractivity contribution is -0.129. The Morgan fingerprint density at radius 2 is 2.55 bits per heavy atom. The van der Waals surface area contributed by atoms with Crippen LogP contribution in [-0.2, 0) is 4.79 Å². The molecule has 1 heterocycles. The predicted molar refractivity (Wildman–Crippen MR) is 40.7 cm³/mol. The largest absolute Gasteiger partial charge is 0.391 e. The third-order valence-electron chi connectivity index (χ3n) is 1.77. The Kier molecular flexibility index (Phi) is 2.50. The van der Waals surface area contributed by atoms with E-state index in [1.54, 1.807) is 4.90 Å². The van der Waals surface area contributed by atoms with E-state index in [2.05, 4.69) is 5.92 Å². The fourth-order valence-corrected chi connectivity index (χ4v) is 1.17. The molecule has 1 amide bonds. The Hall–Kier alpha value is -1.01. The van der Waals surface area contributed by atoms with E-state index in [-0.39, 0.29) is 18.4 Å². The van der Waals surface area contributed by atoms with Gasteiger partial charge in [-0.1, -0.05) is 5.92 Å². The second-order valence-corrected chi connectivity index (χ2v) is 2.66. The lowest BCUT2D eigenvalue weighted by Gasteiger charge is -2.12. The highest BCUT2D eigenvalue weighted by Crippen LogP contribution is 2.09. The van der Waals surface area contributed by atoms with Crippen molar-refractivity contribution in [2.75, 3.05) is 13.1 Å². The molecule has 0 spiro atoms. The van der Waals surface area contributed by atoms with Crippen LogP contribution < -0.4 is 0 Å². The van der Waals surface area contributed by atoms with Crippen molar-refractivity contribution in [3.8, 4) is 12.3 Å². The summed E-state index contributed by atoms with van der Waals surface area (Å²) in [7, 11) is 0. The van der Waals surface area contributed by atoms with Crippen LogP contribution in [0.25, 0.3) is 0 Å². The quantitative estimate of drug-likeness (QED) is 0.521. The molecule has 1 saturated heterocycles. The summed E-state index contributed by atoms with van der Waals surface area (Å²) in [6.07, 6.45) is 5.44. The van der Waals surface area contributed by atoms with E-state index in [9.17, 15) is 4.79 Å². The fourth-order valence-electron chi connectivity index (χ4n) is 1.17. The van der Waals surface area contributed by atoms with Crippen LogP contribution in [0.5, 0.6) is 0 Å². The molecule has 0 aliphatic carbocycles. The van der Waals surface area contributed by atoms with Crippen LogP contribution in [0.3, 0.4) is 0 Å². The molecule has 1 rings (SSSR count). The molecule has 1 unspecified atom stereocenters. The van der Waals surface area contributed by atoms with Gasteiger partial charge in [0.25, 0.3) is 0 Å². The van der Waals surface area contributed by atoms with Crippen LogP contribution in [0.2, 0.25) is 0 Å². The van der Waals surface area contributed by atoms with E-state index in [4.69, 9.17) is 11.5 Å². The van der Waals surface area contributed by atoms with Gasteiger partial charge in [-0.3, -0.25) is 4.79 Å². The first-order chi connectivity index (χ1) is 5.24. The van der Waals surface area contributed by atoms with Gasteiger partial charge in [-0.25, -0.2) is 0 Å². The van der Waals surface area contributed by atoms with E-state index in [0.29, 0.717) is 19.5 Å². The Morgan fingerprint density at radius 1 is 1.82 bits per heavy atom. The van der Waals surface area contributed by atoms with Gasteiger partial charge in [0, 0.05) is 13.1 Å². The number of likely N-dealkylation sites (tertiary alicyclic amines) is 1. The van der Waals surface area contributed by atoms with Gasteiger partial charge in [-0.15, -0.1) is 6.42 Å². The highest BCUT2D eigenvalue weighted by atomic mass is 16.3. The summed E-state index contributed by atoms with van der Waals surface area (Å²) in [6, 6.07) is 0. The molecule has 1 atom stereocenters. The summed E-state index contributed by atoms with van der Waals surface area (Å²) in [6.45, 7) is 1.09. The normalized spacial score (nSPS) is 23.3. The first-order valence-electron chi connectivity index (χ1n) is 3.63. The molecule has 0 saturated carbocycles. The maximum atomic E-state index is 11.1. The molecule has 0 aromatic carbocycles. The second-order valence-electron chi connectivity index (χ2n) is 2.66. The third kappa shape index (κ3) is 1.95. The Bertz CT molecular complexity index is 195. The summed E-state index contributed by atoms with van der Waals surface area (Å²) in [4.78, 5) is 12.7. The van der Waals surface area contributed by atoms with Gasteiger partial charge in [0.15, 0.2) is 0 Å². The molecule has 0 aromatic rings.